The van der Waals surface area contributed by atoms with Crippen LogP contribution in [0.3, 0.4) is 0 Å². The number of nitrogens with zero attached hydrogens (tertiary/aromatic N) is 3. The summed E-state index contributed by atoms with van der Waals surface area (Å²) in [6.45, 7) is 1.40. The van der Waals surface area contributed by atoms with E-state index in [1.54, 1.807) is 37.3 Å². The fourth-order valence-electron chi connectivity index (χ4n) is 3.77. The first kappa shape index (κ1) is 21.9. The zero-order valence-electron chi connectivity index (χ0n) is 18.1. The number of anilines is 1. The predicted molar refractivity (Wildman–Crippen MR) is 118 cm³/mol. The summed E-state index contributed by atoms with van der Waals surface area (Å²) in [5.41, 5.74) is 1.30. The van der Waals surface area contributed by atoms with E-state index in [4.69, 9.17) is 4.52 Å². The van der Waals surface area contributed by atoms with Crippen molar-refractivity contribution >= 4 is 29.4 Å². The van der Waals surface area contributed by atoms with Gasteiger partial charge >= 0.3 is 0 Å². The highest BCUT2D eigenvalue weighted by Gasteiger charge is 2.43. The van der Waals surface area contributed by atoms with Gasteiger partial charge in [0, 0.05) is 19.5 Å². The molecule has 1 aliphatic rings. The number of likely N-dealkylation sites (N-methyl/N-ethyl adjacent to an activating group) is 1. The number of hydrogen-bond donors (Lipinski definition) is 1. The van der Waals surface area contributed by atoms with Gasteiger partial charge in [-0.3, -0.25) is 24.1 Å². The van der Waals surface area contributed by atoms with E-state index in [9.17, 15) is 19.2 Å². The molecule has 0 spiro atoms. The Hall–Kier alpha value is -4.27. The molecular formula is C24H22N4O5. The monoisotopic (exact) mass is 446 g/mol. The first-order chi connectivity index (χ1) is 15.8. The number of imide groups is 1. The summed E-state index contributed by atoms with van der Waals surface area (Å²) in [5.74, 6) is -1.30. The maximum atomic E-state index is 13.4. The average Bonchev–Trinajstić information content (AvgIpc) is 3.32. The van der Waals surface area contributed by atoms with Crippen molar-refractivity contribution in [1.29, 1.82) is 0 Å². The van der Waals surface area contributed by atoms with Gasteiger partial charge in [-0.1, -0.05) is 47.6 Å². The lowest BCUT2D eigenvalue weighted by Gasteiger charge is -2.29. The molecule has 0 fully saturated rings. The Balaban J connectivity index is 1.57. The summed E-state index contributed by atoms with van der Waals surface area (Å²) in [4.78, 5) is 54.2. The molecular weight excluding hydrogens is 424 g/mol. The van der Waals surface area contributed by atoms with Crippen LogP contribution in [0.4, 0.5) is 5.82 Å². The molecule has 0 radical (unpaired) electrons. The van der Waals surface area contributed by atoms with E-state index in [2.05, 4.69) is 10.5 Å². The van der Waals surface area contributed by atoms with E-state index in [0.29, 0.717) is 5.76 Å². The third-order valence-corrected chi connectivity index (χ3v) is 5.35. The Kier molecular flexibility index (Phi) is 6.03. The molecule has 0 saturated heterocycles. The number of benzene rings is 2. The number of aromatic nitrogens is 1. The van der Waals surface area contributed by atoms with Crippen molar-refractivity contribution in [2.24, 2.45) is 0 Å². The van der Waals surface area contributed by atoms with Crippen molar-refractivity contribution < 1.29 is 23.7 Å². The molecule has 0 unspecified atom stereocenters. The number of hydrogen-bond acceptors (Lipinski definition) is 6. The highest BCUT2D eigenvalue weighted by Crippen LogP contribution is 2.26. The molecule has 3 aromatic rings. The van der Waals surface area contributed by atoms with Gasteiger partial charge in [0.25, 0.3) is 11.8 Å². The standard InChI is InChI=1S/C24H22N4O5/c1-15-12-20(26-33-15)25-21(29)14-27(2)24(32)19(13-16-8-4-3-5-9-16)28-22(30)17-10-6-7-11-18(17)23(28)31/h3-12,19H,13-14H2,1-2H3,(H,25,26,29)/t19-/m0/s1. The van der Waals surface area contributed by atoms with E-state index in [1.165, 1.54) is 11.9 Å². The van der Waals surface area contributed by atoms with E-state index >= 15 is 0 Å². The van der Waals surface area contributed by atoms with Crippen LogP contribution in [0.5, 0.6) is 0 Å². The van der Waals surface area contributed by atoms with Crippen LogP contribution < -0.4 is 5.32 Å². The van der Waals surface area contributed by atoms with Gasteiger partial charge in [0.15, 0.2) is 5.82 Å². The highest BCUT2D eigenvalue weighted by molar-refractivity contribution is 6.22. The van der Waals surface area contributed by atoms with Crippen LogP contribution in [0.25, 0.3) is 0 Å². The minimum absolute atomic E-state index is 0.125. The van der Waals surface area contributed by atoms with E-state index in [1.807, 2.05) is 30.3 Å². The van der Waals surface area contributed by atoms with Crippen LogP contribution in [0, 0.1) is 6.92 Å². The Labute approximate surface area is 190 Å². The molecule has 4 rings (SSSR count). The molecule has 2 aromatic carbocycles. The Morgan fingerprint density at radius 1 is 1.03 bits per heavy atom. The molecule has 0 aliphatic carbocycles. The molecule has 1 aliphatic heterocycles. The minimum atomic E-state index is -1.10. The zero-order valence-corrected chi connectivity index (χ0v) is 18.1. The number of carbonyl (C=O) groups is 4. The summed E-state index contributed by atoms with van der Waals surface area (Å²) in [6, 6.07) is 16.0. The van der Waals surface area contributed by atoms with Crippen molar-refractivity contribution in [3.63, 3.8) is 0 Å². The van der Waals surface area contributed by atoms with Crippen LogP contribution in [0.15, 0.2) is 65.2 Å². The second kappa shape index (κ2) is 9.07. The van der Waals surface area contributed by atoms with Gasteiger partial charge in [0.2, 0.25) is 11.8 Å². The SMILES string of the molecule is Cc1cc(NC(=O)CN(C)C(=O)[C@H](Cc2ccccc2)N2C(=O)c3ccccc3C2=O)no1. The Morgan fingerprint density at radius 2 is 1.64 bits per heavy atom. The summed E-state index contributed by atoms with van der Waals surface area (Å²) in [6.07, 6.45) is 0.125. The normalized spacial score (nSPS) is 13.6. The molecule has 9 heteroatoms. The third kappa shape index (κ3) is 4.52. The average molecular weight is 446 g/mol. The smallest absolute Gasteiger partial charge is 0.262 e. The van der Waals surface area contributed by atoms with Gasteiger partial charge in [0.05, 0.1) is 17.7 Å². The lowest BCUT2D eigenvalue weighted by atomic mass is 10.0. The minimum Gasteiger partial charge on any atom is -0.360 e. The summed E-state index contributed by atoms with van der Waals surface area (Å²) < 4.78 is 4.92. The maximum absolute atomic E-state index is 13.4. The van der Waals surface area contributed by atoms with Crippen LogP contribution in [-0.2, 0) is 16.0 Å². The molecule has 33 heavy (non-hydrogen) atoms. The van der Waals surface area contributed by atoms with E-state index < -0.39 is 29.7 Å². The number of amides is 4. The van der Waals surface area contributed by atoms with Crippen LogP contribution >= 0.6 is 0 Å². The fourth-order valence-corrected chi connectivity index (χ4v) is 3.77. The first-order valence-corrected chi connectivity index (χ1v) is 10.3. The van der Waals surface area contributed by atoms with Crippen molar-refractivity contribution in [1.82, 2.24) is 15.0 Å². The number of fused-ring (bicyclic) bond motifs is 1. The topological polar surface area (TPSA) is 113 Å². The van der Waals surface area contributed by atoms with E-state index in [-0.39, 0.29) is 29.9 Å². The van der Waals surface area contributed by atoms with Gasteiger partial charge in [-0.05, 0) is 24.6 Å². The molecule has 0 saturated carbocycles. The third-order valence-electron chi connectivity index (χ3n) is 5.35. The molecule has 0 bridgehead atoms. The fraction of sp³-hybridized carbons (Fsp3) is 0.208. The van der Waals surface area contributed by atoms with Crippen LogP contribution in [0.2, 0.25) is 0 Å². The first-order valence-electron chi connectivity index (χ1n) is 10.3. The molecule has 9 nitrogen and oxygen atoms in total. The van der Waals surface area contributed by atoms with Crippen LogP contribution in [0.1, 0.15) is 32.0 Å². The molecule has 2 heterocycles. The molecule has 1 N–H and O–H groups in total. The largest absolute Gasteiger partial charge is 0.360 e. The van der Waals surface area contributed by atoms with Gasteiger partial charge in [0.1, 0.15) is 11.8 Å². The van der Waals surface area contributed by atoms with Crippen LogP contribution in [-0.4, -0.2) is 58.2 Å². The van der Waals surface area contributed by atoms with Crippen molar-refractivity contribution in [3.05, 3.63) is 83.1 Å². The zero-order chi connectivity index (χ0) is 23.5. The van der Waals surface area contributed by atoms with Crippen molar-refractivity contribution in [3.8, 4) is 0 Å². The van der Waals surface area contributed by atoms with Gasteiger partial charge in [-0.15, -0.1) is 0 Å². The predicted octanol–water partition coefficient (Wildman–Crippen LogP) is 2.29. The molecule has 1 atom stereocenters. The Morgan fingerprint density at radius 3 is 2.21 bits per heavy atom. The number of carbonyl (C=O) groups excluding carboxylic acids is 4. The van der Waals surface area contributed by atoms with Gasteiger partial charge in [-0.25, -0.2) is 0 Å². The quantitative estimate of drug-likeness (QED) is 0.557. The second-order valence-electron chi connectivity index (χ2n) is 7.80. The second-order valence-corrected chi connectivity index (χ2v) is 7.80. The highest BCUT2D eigenvalue weighted by atomic mass is 16.5. The van der Waals surface area contributed by atoms with Gasteiger partial charge in [-0.2, -0.15) is 0 Å². The Bertz CT molecular complexity index is 1190. The lowest BCUT2D eigenvalue weighted by molar-refractivity contribution is -0.136. The number of rotatable bonds is 7. The molecule has 1 aromatic heterocycles. The molecule has 4 amide bonds. The molecule has 168 valence electrons. The number of nitrogens with one attached hydrogen (secondary N) is 1. The van der Waals surface area contributed by atoms with Crippen molar-refractivity contribution in [2.75, 3.05) is 18.9 Å². The lowest BCUT2D eigenvalue weighted by Crippen LogP contribution is -2.52. The summed E-state index contributed by atoms with van der Waals surface area (Å²) >= 11 is 0. The number of aryl methyl sites for hydroxylation is 1. The maximum Gasteiger partial charge on any atom is 0.262 e. The summed E-state index contributed by atoms with van der Waals surface area (Å²) in [7, 11) is 1.45. The van der Waals surface area contributed by atoms with Gasteiger partial charge < -0.3 is 14.7 Å². The van der Waals surface area contributed by atoms with E-state index in [0.717, 1.165) is 10.5 Å². The van der Waals surface area contributed by atoms with Crippen molar-refractivity contribution in [2.45, 2.75) is 19.4 Å². The summed E-state index contributed by atoms with van der Waals surface area (Å²) in [5, 5.41) is 6.25.